The highest BCUT2D eigenvalue weighted by Gasteiger charge is 2.16. The Labute approximate surface area is 116 Å². The van der Waals surface area contributed by atoms with E-state index in [1.807, 2.05) is 13.0 Å². The third kappa shape index (κ3) is 4.37. The summed E-state index contributed by atoms with van der Waals surface area (Å²) in [5.41, 5.74) is 1.05. The predicted octanol–water partition coefficient (Wildman–Crippen LogP) is 3.38. The molecule has 106 valence electrons. The van der Waals surface area contributed by atoms with Crippen LogP contribution in [0.2, 0.25) is 0 Å². The van der Waals surface area contributed by atoms with E-state index in [-0.39, 0.29) is 5.54 Å². The van der Waals surface area contributed by atoms with Crippen LogP contribution >= 0.6 is 0 Å². The highest BCUT2D eigenvalue weighted by molar-refractivity contribution is 5.45. The van der Waals surface area contributed by atoms with Crippen molar-refractivity contribution in [3.05, 3.63) is 11.8 Å². The van der Waals surface area contributed by atoms with Crippen molar-refractivity contribution in [2.75, 3.05) is 23.3 Å². The van der Waals surface area contributed by atoms with Gasteiger partial charge in [-0.3, -0.25) is 0 Å². The highest BCUT2D eigenvalue weighted by Crippen LogP contribution is 2.20. The van der Waals surface area contributed by atoms with Gasteiger partial charge in [0.05, 0.1) is 0 Å². The third-order valence-electron chi connectivity index (χ3n) is 3.23. The summed E-state index contributed by atoms with van der Waals surface area (Å²) in [6, 6.07) is 2.02. The lowest BCUT2D eigenvalue weighted by molar-refractivity contribution is 0.629. The molecule has 0 spiro atoms. The van der Waals surface area contributed by atoms with E-state index >= 15 is 0 Å². The molecule has 1 saturated heterocycles. The second-order valence-electron chi connectivity index (χ2n) is 6.47. The van der Waals surface area contributed by atoms with Crippen LogP contribution in [0.4, 0.5) is 11.8 Å². The number of aromatic nitrogens is 2. The summed E-state index contributed by atoms with van der Waals surface area (Å²) in [6.45, 7) is 10.6. The molecule has 0 amide bonds. The molecule has 4 nitrogen and oxygen atoms in total. The number of anilines is 2. The van der Waals surface area contributed by atoms with Crippen molar-refractivity contribution in [2.45, 2.75) is 58.9 Å². The predicted molar refractivity (Wildman–Crippen MR) is 80.8 cm³/mol. The summed E-state index contributed by atoms with van der Waals surface area (Å²) >= 11 is 0. The molecule has 0 atom stereocenters. The van der Waals surface area contributed by atoms with Crippen LogP contribution < -0.4 is 10.2 Å². The molecule has 1 aromatic rings. The number of aryl methyl sites for hydroxylation is 1. The van der Waals surface area contributed by atoms with Crippen LogP contribution in [-0.2, 0) is 0 Å². The minimum absolute atomic E-state index is 0.0247. The van der Waals surface area contributed by atoms with Crippen molar-refractivity contribution in [1.29, 1.82) is 0 Å². The van der Waals surface area contributed by atoms with E-state index in [9.17, 15) is 0 Å². The maximum absolute atomic E-state index is 4.69. The van der Waals surface area contributed by atoms with Gasteiger partial charge in [-0.1, -0.05) is 12.8 Å². The van der Waals surface area contributed by atoms with Crippen molar-refractivity contribution < 1.29 is 0 Å². The second-order valence-corrected chi connectivity index (χ2v) is 6.47. The van der Waals surface area contributed by atoms with Gasteiger partial charge in [0.25, 0.3) is 0 Å². The van der Waals surface area contributed by atoms with Crippen LogP contribution in [0, 0.1) is 6.92 Å². The van der Waals surface area contributed by atoms with Crippen LogP contribution in [0.3, 0.4) is 0 Å². The maximum Gasteiger partial charge on any atom is 0.227 e. The van der Waals surface area contributed by atoms with Crippen molar-refractivity contribution in [2.24, 2.45) is 0 Å². The molecule has 0 aromatic carbocycles. The molecule has 1 aliphatic rings. The summed E-state index contributed by atoms with van der Waals surface area (Å²) < 4.78 is 0. The number of nitrogens with zero attached hydrogens (tertiary/aromatic N) is 3. The van der Waals surface area contributed by atoms with E-state index in [2.05, 4.69) is 41.0 Å². The van der Waals surface area contributed by atoms with E-state index in [0.29, 0.717) is 0 Å². The molecule has 2 rings (SSSR count). The van der Waals surface area contributed by atoms with Gasteiger partial charge >= 0.3 is 0 Å². The van der Waals surface area contributed by atoms with Crippen molar-refractivity contribution in [1.82, 2.24) is 9.97 Å². The first kappa shape index (κ1) is 14.1. The van der Waals surface area contributed by atoms with Crippen LogP contribution in [-0.4, -0.2) is 28.6 Å². The Balaban J connectivity index is 2.20. The Morgan fingerprint density at radius 1 is 1.05 bits per heavy atom. The zero-order valence-electron chi connectivity index (χ0n) is 12.7. The van der Waals surface area contributed by atoms with Crippen molar-refractivity contribution >= 4 is 11.8 Å². The van der Waals surface area contributed by atoms with E-state index in [0.717, 1.165) is 30.5 Å². The van der Waals surface area contributed by atoms with Gasteiger partial charge in [-0.25, -0.2) is 4.98 Å². The highest BCUT2D eigenvalue weighted by atomic mass is 15.3. The minimum atomic E-state index is 0.0247. The summed E-state index contributed by atoms with van der Waals surface area (Å²) in [6.07, 6.45) is 5.16. The van der Waals surface area contributed by atoms with Crippen LogP contribution in [0.15, 0.2) is 6.07 Å². The number of rotatable bonds is 2. The van der Waals surface area contributed by atoms with Crippen LogP contribution in [0.1, 0.15) is 52.1 Å². The summed E-state index contributed by atoms with van der Waals surface area (Å²) in [4.78, 5) is 11.6. The van der Waals surface area contributed by atoms with Gasteiger partial charge in [0.1, 0.15) is 5.82 Å². The fourth-order valence-corrected chi connectivity index (χ4v) is 2.41. The molecule has 0 aliphatic carbocycles. The molecule has 1 N–H and O–H groups in total. The normalized spacial score (nSPS) is 17.2. The molecule has 0 bridgehead atoms. The number of nitrogens with one attached hydrogen (secondary N) is 1. The van der Waals surface area contributed by atoms with Gasteiger partial charge in [0, 0.05) is 30.4 Å². The van der Waals surface area contributed by atoms with Gasteiger partial charge in [-0.2, -0.15) is 4.98 Å². The first-order chi connectivity index (χ1) is 8.94. The van der Waals surface area contributed by atoms with Crippen molar-refractivity contribution in [3.8, 4) is 0 Å². The van der Waals surface area contributed by atoms with Gasteiger partial charge in [0.15, 0.2) is 0 Å². The Morgan fingerprint density at radius 2 is 1.68 bits per heavy atom. The molecule has 1 fully saturated rings. The van der Waals surface area contributed by atoms with Gasteiger partial charge in [0.2, 0.25) is 5.95 Å². The fourth-order valence-electron chi connectivity index (χ4n) is 2.41. The maximum atomic E-state index is 4.69. The Bertz CT molecular complexity index is 415. The zero-order valence-corrected chi connectivity index (χ0v) is 12.7. The summed E-state index contributed by atoms with van der Waals surface area (Å²) in [5.74, 6) is 1.81. The molecular weight excluding hydrogens is 236 g/mol. The molecule has 0 unspecified atom stereocenters. The molecule has 1 aliphatic heterocycles. The largest absolute Gasteiger partial charge is 0.365 e. The molecule has 1 aromatic heterocycles. The van der Waals surface area contributed by atoms with E-state index in [4.69, 9.17) is 0 Å². The van der Waals surface area contributed by atoms with E-state index < -0.39 is 0 Å². The lowest BCUT2D eigenvalue weighted by atomic mass is 10.1. The second kappa shape index (κ2) is 5.76. The smallest absolute Gasteiger partial charge is 0.227 e. The van der Waals surface area contributed by atoms with Gasteiger partial charge in [-0.05, 0) is 40.5 Å². The first-order valence-electron chi connectivity index (χ1n) is 7.33. The van der Waals surface area contributed by atoms with E-state index in [1.54, 1.807) is 0 Å². The molecular formula is C15H26N4. The van der Waals surface area contributed by atoms with Crippen LogP contribution in [0.5, 0.6) is 0 Å². The lowest BCUT2D eigenvalue weighted by Crippen LogP contribution is -2.29. The number of hydrogen-bond acceptors (Lipinski definition) is 4. The average molecular weight is 262 g/mol. The summed E-state index contributed by atoms with van der Waals surface area (Å²) in [5, 5.41) is 3.44. The average Bonchev–Trinajstić information content (AvgIpc) is 2.53. The molecule has 4 heteroatoms. The summed E-state index contributed by atoms with van der Waals surface area (Å²) in [7, 11) is 0. The fraction of sp³-hybridized carbons (Fsp3) is 0.733. The first-order valence-corrected chi connectivity index (χ1v) is 7.33. The Hall–Kier alpha value is -1.32. The molecule has 0 saturated carbocycles. The Morgan fingerprint density at radius 3 is 2.26 bits per heavy atom. The topological polar surface area (TPSA) is 41.1 Å². The molecule has 0 radical (unpaired) electrons. The van der Waals surface area contributed by atoms with Crippen LogP contribution in [0.25, 0.3) is 0 Å². The quantitative estimate of drug-likeness (QED) is 0.887. The van der Waals surface area contributed by atoms with E-state index in [1.165, 1.54) is 25.7 Å². The Kier molecular flexibility index (Phi) is 4.27. The minimum Gasteiger partial charge on any atom is -0.365 e. The third-order valence-corrected chi connectivity index (χ3v) is 3.23. The van der Waals surface area contributed by atoms with Gasteiger partial charge < -0.3 is 10.2 Å². The van der Waals surface area contributed by atoms with Crippen molar-refractivity contribution in [3.63, 3.8) is 0 Å². The molecule has 2 heterocycles. The molecule has 19 heavy (non-hydrogen) atoms. The lowest BCUT2D eigenvalue weighted by Gasteiger charge is -2.24. The van der Waals surface area contributed by atoms with Gasteiger partial charge in [-0.15, -0.1) is 0 Å². The number of hydrogen-bond donors (Lipinski definition) is 1. The SMILES string of the molecule is Cc1cc(NC(C)(C)C)nc(N2CCCCCC2)n1. The standard InChI is InChI=1S/C15H26N4/c1-12-11-13(18-15(2,3)4)17-14(16-12)19-9-7-5-6-8-10-19/h11H,5-10H2,1-4H3,(H,16,17,18). The zero-order chi connectivity index (χ0) is 13.9. The monoisotopic (exact) mass is 262 g/mol.